The molecule has 3 aromatic rings. The van der Waals surface area contributed by atoms with Crippen LogP contribution in [-0.4, -0.2) is 48.6 Å². The Balaban J connectivity index is 1.71. The van der Waals surface area contributed by atoms with Gasteiger partial charge in [0.15, 0.2) is 11.5 Å². The van der Waals surface area contributed by atoms with E-state index in [4.69, 9.17) is 14.2 Å². The minimum absolute atomic E-state index is 0.0895. The van der Waals surface area contributed by atoms with Crippen molar-refractivity contribution in [1.29, 1.82) is 0 Å². The highest BCUT2D eigenvalue weighted by molar-refractivity contribution is 7.12. The topological polar surface area (TPSA) is 106 Å². The lowest BCUT2D eigenvalue weighted by Crippen LogP contribution is -2.51. The van der Waals surface area contributed by atoms with Crippen LogP contribution in [0.1, 0.15) is 54.0 Å². The average Bonchev–Trinajstić information content (AvgIpc) is 3.63. The Morgan fingerprint density at radius 1 is 1.08 bits per heavy atom. The summed E-state index contributed by atoms with van der Waals surface area (Å²) in [6.45, 7) is 5.77. The molecule has 0 saturated carbocycles. The second-order valence-corrected chi connectivity index (χ2v) is 10.7. The molecule has 39 heavy (non-hydrogen) atoms. The largest absolute Gasteiger partial charge is 0.497 e. The van der Waals surface area contributed by atoms with Gasteiger partial charge in [0.05, 0.1) is 18.5 Å². The van der Waals surface area contributed by atoms with Gasteiger partial charge in [-0.2, -0.15) is 0 Å². The highest BCUT2D eigenvalue weighted by atomic mass is 32.1. The maximum absolute atomic E-state index is 13.9. The van der Waals surface area contributed by atoms with Gasteiger partial charge in [-0.3, -0.25) is 14.4 Å². The smallest absolute Gasteiger partial charge is 0.261 e. The number of fused-ring (bicyclic) bond motifs is 1. The first-order valence-corrected chi connectivity index (χ1v) is 13.5. The standard InChI is InChI=1S/C29H33N3O6S/c1-5-29(2,3)31-28(35)26(20-8-6-9-21(15-20)36-4)32(17-19-11-12-22-23(14-19)38-18-37-22)25(33)16-30-27(34)24-10-7-13-39-24/h6-15,26H,5,16-18H2,1-4H3,(H,30,34)(H,31,35)/t26-/m0/s1. The lowest BCUT2D eigenvalue weighted by molar-refractivity contribution is -0.141. The quantitative estimate of drug-likeness (QED) is 0.368. The molecule has 4 rings (SSSR count). The van der Waals surface area contributed by atoms with Gasteiger partial charge in [0.1, 0.15) is 11.8 Å². The van der Waals surface area contributed by atoms with Crippen molar-refractivity contribution in [3.05, 3.63) is 76.0 Å². The van der Waals surface area contributed by atoms with E-state index in [0.717, 1.165) is 5.56 Å². The van der Waals surface area contributed by atoms with Crippen molar-refractivity contribution in [2.45, 2.75) is 45.3 Å². The van der Waals surface area contributed by atoms with Gasteiger partial charge < -0.3 is 29.7 Å². The van der Waals surface area contributed by atoms with Crippen LogP contribution < -0.4 is 24.8 Å². The van der Waals surface area contributed by atoms with Gasteiger partial charge in [-0.25, -0.2) is 0 Å². The van der Waals surface area contributed by atoms with E-state index >= 15 is 0 Å². The zero-order chi connectivity index (χ0) is 28.0. The first-order chi connectivity index (χ1) is 18.7. The molecule has 0 radical (unpaired) electrons. The number of rotatable bonds is 11. The fraction of sp³-hybridized carbons (Fsp3) is 0.345. The summed E-state index contributed by atoms with van der Waals surface area (Å²) >= 11 is 1.29. The van der Waals surface area contributed by atoms with Crippen LogP contribution >= 0.6 is 11.3 Å². The number of thiophene rings is 1. The first-order valence-electron chi connectivity index (χ1n) is 12.7. The number of nitrogens with one attached hydrogen (secondary N) is 2. The number of hydrogen-bond acceptors (Lipinski definition) is 7. The van der Waals surface area contributed by atoms with E-state index in [2.05, 4.69) is 10.6 Å². The van der Waals surface area contributed by atoms with Crippen molar-refractivity contribution in [1.82, 2.24) is 15.5 Å². The number of carbonyl (C=O) groups excluding carboxylic acids is 3. The third-order valence-corrected chi connectivity index (χ3v) is 7.44. The van der Waals surface area contributed by atoms with Crippen LogP contribution in [0.3, 0.4) is 0 Å². The highest BCUT2D eigenvalue weighted by Gasteiger charge is 2.34. The van der Waals surface area contributed by atoms with Crippen LogP contribution in [0.25, 0.3) is 0 Å². The number of ether oxygens (including phenoxy) is 3. The average molecular weight is 552 g/mol. The number of methoxy groups -OCH3 is 1. The molecule has 0 bridgehead atoms. The highest BCUT2D eigenvalue weighted by Crippen LogP contribution is 2.34. The molecular weight excluding hydrogens is 518 g/mol. The van der Waals surface area contributed by atoms with Gasteiger partial charge in [-0.05, 0) is 67.1 Å². The van der Waals surface area contributed by atoms with Crippen LogP contribution in [0.5, 0.6) is 17.2 Å². The van der Waals surface area contributed by atoms with Gasteiger partial charge in [-0.1, -0.05) is 31.2 Å². The Labute approximate surface area is 232 Å². The molecular formula is C29H33N3O6S. The summed E-state index contributed by atoms with van der Waals surface area (Å²) in [5.74, 6) is 0.632. The van der Waals surface area contributed by atoms with Crippen molar-refractivity contribution >= 4 is 29.1 Å². The maximum atomic E-state index is 13.9. The summed E-state index contributed by atoms with van der Waals surface area (Å²) in [4.78, 5) is 42.3. The third kappa shape index (κ3) is 6.88. The molecule has 2 aromatic carbocycles. The van der Waals surface area contributed by atoms with Gasteiger partial charge in [0.2, 0.25) is 18.6 Å². The van der Waals surface area contributed by atoms with Gasteiger partial charge in [0.25, 0.3) is 5.91 Å². The van der Waals surface area contributed by atoms with E-state index in [1.807, 2.05) is 26.8 Å². The Morgan fingerprint density at radius 3 is 2.59 bits per heavy atom. The summed E-state index contributed by atoms with van der Waals surface area (Å²) in [6, 6.07) is 14.9. The molecule has 0 unspecified atom stereocenters. The zero-order valence-corrected chi connectivity index (χ0v) is 23.3. The fourth-order valence-corrected chi connectivity index (χ4v) is 4.73. The summed E-state index contributed by atoms with van der Waals surface area (Å²) < 4.78 is 16.4. The SMILES string of the molecule is CCC(C)(C)NC(=O)[C@H](c1cccc(OC)c1)N(Cc1ccc2c(c1)OCO2)C(=O)CNC(=O)c1cccs1. The monoisotopic (exact) mass is 551 g/mol. The maximum Gasteiger partial charge on any atom is 0.261 e. The van der Waals surface area contributed by atoms with Gasteiger partial charge >= 0.3 is 0 Å². The Morgan fingerprint density at radius 2 is 1.87 bits per heavy atom. The fourth-order valence-electron chi connectivity index (χ4n) is 4.09. The predicted octanol–water partition coefficient (Wildman–Crippen LogP) is 4.29. The normalized spacial score (nSPS) is 12.9. The van der Waals surface area contributed by atoms with Gasteiger partial charge in [-0.15, -0.1) is 11.3 Å². The number of nitrogens with zero attached hydrogens (tertiary/aromatic N) is 1. The van der Waals surface area contributed by atoms with Crippen molar-refractivity contribution in [2.24, 2.45) is 0 Å². The molecule has 3 amide bonds. The zero-order valence-electron chi connectivity index (χ0n) is 22.5. The van der Waals surface area contributed by atoms with Crippen LogP contribution in [-0.2, 0) is 16.1 Å². The molecule has 206 valence electrons. The Bertz CT molecular complexity index is 1320. The van der Waals surface area contributed by atoms with Crippen LogP contribution in [0.4, 0.5) is 0 Å². The number of benzene rings is 2. The number of carbonyl (C=O) groups is 3. The van der Waals surface area contributed by atoms with Crippen molar-refractivity contribution in [3.63, 3.8) is 0 Å². The summed E-state index contributed by atoms with van der Waals surface area (Å²) in [5, 5.41) is 7.58. The van der Waals surface area contributed by atoms with Crippen LogP contribution in [0.2, 0.25) is 0 Å². The van der Waals surface area contributed by atoms with E-state index in [0.29, 0.717) is 34.1 Å². The van der Waals surface area contributed by atoms with E-state index in [1.165, 1.54) is 16.2 Å². The number of amides is 3. The van der Waals surface area contributed by atoms with E-state index < -0.39 is 17.5 Å². The molecule has 1 aliphatic rings. The second-order valence-electron chi connectivity index (χ2n) is 9.78. The molecule has 2 heterocycles. The van der Waals surface area contributed by atoms with E-state index in [1.54, 1.807) is 61.0 Å². The van der Waals surface area contributed by atoms with Crippen LogP contribution in [0, 0.1) is 0 Å². The minimum atomic E-state index is -0.998. The van der Waals surface area contributed by atoms with Crippen LogP contribution in [0.15, 0.2) is 60.0 Å². The third-order valence-electron chi connectivity index (χ3n) is 6.57. The first kappa shape index (κ1) is 28.0. The van der Waals surface area contributed by atoms with E-state index in [-0.39, 0.29) is 31.7 Å². The summed E-state index contributed by atoms with van der Waals surface area (Å²) in [7, 11) is 1.55. The van der Waals surface area contributed by atoms with Crippen molar-refractivity contribution < 1.29 is 28.6 Å². The lowest BCUT2D eigenvalue weighted by atomic mass is 9.98. The molecule has 2 N–H and O–H groups in total. The molecule has 1 aliphatic heterocycles. The molecule has 9 nitrogen and oxygen atoms in total. The van der Waals surface area contributed by atoms with Gasteiger partial charge in [0, 0.05) is 12.1 Å². The molecule has 1 atom stereocenters. The Hall–Kier alpha value is -4.05. The predicted molar refractivity (Wildman–Crippen MR) is 148 cm³/mol. The molecule has 0 spiro atoms. The van der Waals surface area contributed by atoms with Crippen molar-refractivity contribution in [3.8, 4) is 17.2 Å². The lowest BCUT2D eigenvalue weighted by Gasteiger charge is -2.35. The number of hydrogen-bond donors (Lipinski definition) is 2. The van der Waals surface area contributed by atoms with E-state index in [9.17, 15) is 14.4 Å². The minimum Gasteiger partial charge on any atom is -0.497 e. The molecule has 10 heteroatoms. The summed E-state index contributed by atoms with van der Waals surface area (Å²) in [6.07, 6.45) is 0.691. The molecule has 0 aliphatic carbocycles. The second kappa shape index (κ2) is 12.2. The molecule has 0 saturated heterocycles. The summed E-state index contributed by atoms with van der Waals surface area (Å²) in [5.41, 5.74) is 0.819. The van der Waals surface area contributed by atoms with Crippen molar-refractivity contribution in [2.75, 3.05) is 20.4 Å². The molecule has 1 aromatic heterocycles. The molecule has 0 fully saturated rings. The Kier molecular flexibility index (Phi) is 8.75.